The summed E-state index contributed by atoms with van der Waals surface area (Å²) >= 11 is 0. The molecule has 2 aliphatic rings. The lowest BCUT2D eigenvalue weighted by atomic mass is 9.67. The van der Waals surface area contributed by atoms with E-state index in [1.54, 1.807) is 0 Å². The molecule has 3 rings (SSSR count). The number of nitrogens with one attached hydrogen (secondary N) is 2. The molecule has 1 aromatic rings. The number of anilines is 1. The minimum absolute atomic E-state index is 0. The molecule has 0 bridgehead atoms. The lowest BCUT2D eigenvalue weighted by Gasteiger charge is -2.41. The first kappa shape index (κ1) is 22.2. The molecule has 2 heterocycles. The molecular formula is C21H36IN5. The summed E-state index contributed by atoms with van der Waals surface area (Å²) in [4.78, 5) is 11.8. The first-order valence-corrected chi connectivity index (χ1v) is 10.5. The predicted molar refractivity (Wildman–Crippen MR) is 125 cm³/mol. The highest BCUT2D eigenvalue weighted by atomic mass is 127. The first-order valence-electron chi connectivity index (χ1n) is 10.5. The number of nitrogens with zero attached hydrogens (tertiary/aromatic N) is 3. The van der Waals surface area contributed by atoms with Crippen molar-refractivity contribution in [1.29, 1.82) is 0 Å². The number of piperidine rings is 1. The van der Waals surface area contributed by atoms with Gasteiger partial charge in [-0.2, -0.15) is 0 Å². The topological polar surface area (TPSA) is 52.6 Å². The highest BCUT2D eigenvalue weighted by Crippen LogP contribution is 2.42. The van der Waals surface area contributed by atoms with E-state index in [-0.39, 0.29) is 24.0 Å². The molecule has 1 aliphatic heterocycles. The maximum absolute atomic E-state index is 4.81. The number of hydrogen-bond donors (Lipinski definition) is 2. The van der Waals surface area contributed by atoms with Crippen LogP contribution >= 0.6 is 24.0 Å². The molecule has 2 N–H and O–H groups in total. The van der Waals surface area contributed by atoms with E-state index in [0.717, 1.165) is 38.0 Å². The monoisotopic (exact) mass is 485 g/mol. The summed E-state index contributed by atoms with van der Waals surface area (Å²) in [5.74, 6) is 2.04. The van der Waals surface area contributed by atoms with Crippen LogP contribution in [-0.2, 0) is 6.54 Å². The summed E-state index contributed by atoms with van der Waals surface area (Å²) in [6.45, 7) is 9.30. The van der Waals surface area contributed by atoms with Gasteiger partial charge in [-0.1, -0.05) is 13.3 Å². The van der Waals surface area contributed by atoms with Crippen molar-refractivity contribution < 1.29 is 0 Å². The molecule has 2 fully saturated rings. The van der Waals surface area contributed by atoms with E-state index in [9.17, 15) is 0 Å². The first-order chi connectivity index (χ1) is 12.7. The Balaban J connectivity index is 0.00000261. The lowest BCUT2D eigenvalue weighted by molar-refractivity contribution is 0.131. The van der Waals surface area contributed by atoms with Crippen molar-refractivity contribution in [2.75, 3.05) is 31.1 Å². The quantitative estimate of drug-likeness (QED) is 0.343. The standard InChI is InChI=1S/C21H35N5.HI/c1-3-21(10-8-11-21)17-25-20(22-4-2)24-16-18-9-12-23-19(15-18)26-13-6-5-7-14-26;/h9,12,15H,3-8,10-11,13-14,16-17H2,1-2H3,(H2,22,24,25);1H. The largest absolute Gasteiger partial charge is 0.357 e. The Morgan fingerprint density at radius 1 is 1.15 bits per heavy atom. The number of aromatic nitrogens is 1. The minimum atomic E-state index is 0. The Labute approximate surface area is 181 Å². The Kier molecular flexibility index (Phi) is 9.12. The Morgan fingerprint density at radius 2 is 1.93 bits per heavy atom. The van der Waals surface area contributed by atoms with Gasteiger partial charge in [-0.25, -0.2) is 9.98 Å². The van der Waals surface area contributed by atoms with Crippen LogP contribution in [0.1, 0.15) is 64.4 Å². The van der Waals surface area contributed by atoms with Gasteiger partial charge >= 0.3 is 0 Å². The van der Waals surface area contributed by atoms with Crippen LogP contribution in [0.3, 0.4) is 0 Å². The van der Waals surface area contributed by atoms with E-state index in [0.29, 0.717) is 12.0 Å². The molecule has 27 heavy (non-hydrogen) atoms. The molecule has 0 aromatic carbocycles. The summed E-state index contributed by atoms with van der Waals surface area (Å²) in [6, 6.07) is 4.29. The molecule has 152 valence electrons. The molecule has 0 unspecified atom stereocenters. The van der Waals surface area contributed by atoms with Crippen LogP contribution in [0.15, 0.2) is 23.3 Å². The highest BCUT2D eigenvalue weighted by molar-refractivity contribution is 14.0. The number of rotatable bonds is 7. The van der Waals surface area contributed by atoms with Gasteiger partial charge in [0.25, 0.3) is 0 Å². The van der Waals surface area contributed by atoms with Gasteiger partial charge in [0.2, 0.25) is 0 Å². The Morgan fingerprint density at radius 3 is 2.56 bits per heavy atom. The van der Waals surface area contributed by atoms with Crippen molar-refractivity contribution in [3.63, 3.8) is 0 Å². The predicted octanol–water partition coefficient (Wildman–Crippen LogP) is 4.33. The van der Waals surface area contributed by atoms with Crippen molar-refractivity contribution in [2.24, 2.45) is 10.4 Å². The van der Waals surface area contributed by atoms with Gasteiger partial charge in [-0.15, -0.1) is 24.0 Å². The Bertz CT molecular complexity index is 588. The van der Waals surface area contributed by atoms with Gasteiger partial charge in [0.1, 0.15) is 5.82 Å². The summed E-state index contributed by atoms with van der Waals surface area (Å²) < 4.78 is 0. The third-order valence-electron chi connectivity index (χ3n) is 6.05. The van der Waals surface area contributed by atoms with Crippen molar-refractivity contribution in [2.45, 2.75) is 65.3 Å². The fraction of sp³-hybridized carbons (Fsp3) is 0.714. The second-order valence-electron chi connectivity index (χ2n) is 7.83. The number of hydrogen-bond acceptors (Lipinski definition) is 3. The van der Waals surface area contributed by atoms with Crippen LogP contribution in [0.4, 0.5) is 5.82 Å². The van der Waals surface area contributed by atoms with Crippen LogP contribution in [0.25, 0.3) is 0 Å². The smallest absolute Gasteiger partial charge is 0.191 e. The fourth-order valence-corrected chi connectivity index (χ4v) is 3.97. The van der Waals surface area contributed by atoms with Gasteiger partial charge in [-0.05, 0) is 68.6 Å². The van der Waals surface area contributed by atoms with Crippen molar-refractivity contribution in [3.8, 4) is 0 Å². The average molecular weight is 485 g/mol. The van der Waals surface area contributed by atoms with E-state index < -0.39 is 0 Å². The molecule has 6 heteroatoms. The zero-order valence-corrected chi connectivity index (χ0v) is 19.3. The molecule has 1 saturated heterocycles. The van der Waals surface area contributed by atoms with Gasteiger partial charge in [0.15, 0.2) is 5.96 Å². The van der Waals surface area contributed by atoms with E-state index in [1.165, 1.54) is 50.5 Å². The SMILES string of the molecule is CCNC(=NCc1ccnc(N2CCCCC2)c1)NCC1(CC)CCC1.I. The van der Waals surface area contributed by atoms with Crippen molar-refractivity contribution in [1.82, 2.24) is 15.6 Å². The van der Waals surface area contributed by atoms with Gasteiger partial charge in [-0.3, -0.25) is 0 Å². The van der Waals surface area contributed by atoms with Gasteiger partial charge in [0.05, 0.1) is 6.54 Å². The number of pyridine rings is 1. The minimum Gasteiger partial charge on any atom is -0.357 e. The summed E-state index contributed by atoms with van der Waals surface area (Å²) in [6.07, 6.45) is 11.1. The number of aliphatic imine (C=N–C) groups is 1. The van der Waals surface area contributed by atoms with Gasteiger partial charge < -0.3 is 15.5 Å². The Hall–Kier alpha value is -1.05. The molecule has 0 radical (unpaired) electrons. The normalized spacial score (nSPS) is 19.0. The maximum atomic E-state index is 4.81. The molecule has 1 saturated carbocycles. The van der Waals surface area contributed by atoms with E-state index in [2.05, 4.69) is 46.5 Å². The number of guanidine groups is 1. The third-order valence-corrected chi connectivity index (χ3v) is 6.05. The summed E-state index contributed by atoms with van der Waals surface area (Å²) in [5, 5.41) is 6.96. The van der Waals surface area contributed by atoms with Crippen LogP contribution in [-0.4, -0.2) is 37.1 Å². The van der Waals surface area contributed by atoms with E-state index in [4.69, 9.17) is 4.99 Å². The molecule has 0 atom stereocenters. The summed E-state index contributed by atoms with van der Waals surface area (Å²) in [5.41, 5.74) is 1.72. The third kappa shape index (κ3) is 6.22. The van der Waals surface area contributed by atoms with Crippen LogP contribution in [0, 0.1) is 5.41 Å². The van der Waals surface area contributed by atoms with Crippen molar-refractivity contribution in [3.05, 3.63) is 23.9 Å². The van der Waals surface area contributed by atoms with E-state index in [1.807, 2.05) is 6.20 Å². The second-order valence-corrected chi connectivity index (χ2v) is 7.83. The van der Waals surface area contributed by atoms with Crippen LogP contribution in [0.2, 0.25) is 0 Å². The fourth-order valence-electron chi connectivity index (χ4n) is 3.97. The second kappa shape index (κ2) is 11.1. The highest BCUT2D eigenvalue weighted by Gasteiger charge is 2.34. The number of halogens is 1. The average Bonchev–Trinajstić information content (AvgIpc) is 2.66. The van der Waals surface area contributed by atoms with Crippen molar-refractivity contribution >= 4 is 35.8 Å². The summed E-state index contributed by atoms with van der Waals surface area (Å²) in [7, 11) is 0. The zero-order chi connectivity index (χ0) is 18.2. The van der Waals surface area contributed by atoms with Gasteiger partial charge in [0, 0.05) is 32.4 Å². The molecule has 1 aliphatic carbocycles. The zero-order valence-electron chi connectivity index (χ0n) is 17.0. The molecule has 0 spiro atoms. The maximum Gasteiger partial charge on any atom is 0.191 e. The van der Waals surface area contributed by atoms with Crippen LogP contribution < -0.4 is 15.5 Å². The molecule has 5 nitrogen and oxygen atoms in total. The molecular weight excluding hydrogens is 449 g/mol. The molecule has 1 aromatic heterocycles. The molecule has 0 amide bonds. The van der Waals surface area contributed by atoms with Crippen LogP contribution in [0.5, 0.6) is 0 Å². The lowest BCUT2D eigenvalue weighted by Crippen LogP contribution is -2.46. The van der Waals surface area contributed by atoms with E-state index >= 15 is 0 Å².